The average Bonchev–Trinajstić information content (AvgIpc) is 3.27. The van der Waals surface area contributed by atoms with Crippen molar-refractivity contribution in [3.05, 3.63) is 110 Å². The summed E-state index contributed by atoms with van der Waals surface area (Å²) < 4.78 is 12.4. The number of furan rings is 1. The second-order valence-corrected chi connectivity index (χ2v) is 9.46. The zero-order valence-corrected chi connectivity index (χ0v) is 21.2. The monoisotopic (exact) mass is 566 g/mol. The molecule has 4 aromatic carbocycles. The maximum Gasteiger partial charge on any atom is 0.307 e. The maximum absolute atomic E-state index is 12.4. The fourth-order valence-electron chi connectivity index (χ4n) is 3.71. The van der Waals surface area contributed by atoms with E-state index in [1.165, 1.54) is 6.21 Å². The Bertz CT molecular complexity index is 1570. The van der Waals surface area contributed by atoms with Gasteiger partial charge in [-0.2, -0.15) is 5.10 Å². The van der Waals surface area contributed by atoms with Gasteiger partial charge in [-0.3, -0.25) is 4.79 Å². The largest absolute Gasteiger partial charge is 0.486 e. The summed E-state index contributed by atoms with van der Waals surface area (Å²) in [5.74, 6) is 0.0696. The van der Waals surface area contributed by atoms with Gasteiger partial charge in [-0.15, -0.1) is 0 Å². The first-order chi connectivity index (χ1) is 17.0. The fraction of sp³-hybridized carbons (Fsp3) is 0.0370. The first kappa shape index (κ1) is 23.4. The summed E-state index contributed by atoms with van der Waals surface area (Å²) in [6.45, 7) is 0.318. The van der Waals surface area contributed by atoms with Crippen LogP contribution in [0.4, 0.5) is 0 Å². The number of halogens is 3. The van der Waals surface area contributed by atoms with Crippen molar-refractivity contribution in [1.29, 1.82) is 0 Å². The van der Waals surface area contributed by atoms with Crippen LogP contribution in [0.15, 0.2) is 92.9 Å². The van der Waals surface area contributed by atoms with Gasteiger partial charge in [-0.1, -0.05) is 81.6 Å². The Morgan fingerprint density at radius 1 is 0.971 bits per heavy atom. The fourth-order valence-corrected chi connectivity index (χ4v) is 4.70. The van der Waals surface area contributed by atoms with Crippen LogP contribution >= 0.6 is 39.1 Å². The summed E-state index contributed by atoms with van der Waals surface area (Å²) >= 11 is 16.3. The molecule has 174 valence electrons. The van der Waals surface area contributed by atoms with Crippen LogP contribution < -0.4 is 10.2 Å². The van der Waals surface area contributed by atoms with Crippen LogP contribution in [0.3, 0.4) is 0 Å². The van der Waals surface area contributed by atoms with Crippen molar-refractivity contribution in [3.8, 4) is 5.75 Å². The van der Waals surface area contributed by atoms with Crippen molar-refractivity contribution in [2.75, 3.05) is 0 Å². The van der Waals surface area contributed by atoms with Gasteiger partial charge in [-0.25, -0.2) is 5.43 Å². The first-order valence-electron chi connectivity index (χ1n) is 10.6. The Morgan fingerprint density at radius 3 is 2.57 bits per heavy atom. The topological polar surface area (TPSA) is 63.8 Å². The highest BCUT2D eigenvalue weighted by atomic mass is 79.9. The number of carbonyl (C=O) groups excluding carboxylic acids is 1. The van der Waals surface area contributed by atoms with Gasteiger partial charge < -0.3 is 9.15 Å². The molecule has 0 radical (unpaired) electrons. The molecule has 1 N–H and O–H groups in total. The quantitative estimate of drug-likeness (QED) is 0.167. The third-order valence-corrected chi connectivity index (χ3v) is 6.41. The van der Waals surface area contributed by atoms with Gasteiger partial charge in [0, 0.05) is 9.86 Å². The molecular weight excluding hydrogens is 551 g/mol. The van der Waals surface area contributed by atoms with E-state index in [-0.39, 0.29) is 5.76 Å². The smallest absolute Gasteiger partial charge is 0.307 e. The molecule has 0 atom stereocenters. The molecule has 0 aliphatic rings. The molecule has 0 aliphatic heterocycles. The summed E-state index contributed by atoms with van der Waals surface area (Å²) in [5.41, 5.74) is 4.69. The van der Waals surface area contributed by atoms with Crippen LogP contribution in [0.1, 0.15) is 21.7 Å². The Morgan fingerprint density at radius 2 is 1.74 bits per heavy atom. The van der Waals surface area contributed by atoms with E-state index in [0.29, 0.717) is 33.5 Å². The number of amides is 1. The average molecular weight is 568 g/mol. The second kappa shape index (κ2) is 10.1. The Labute approximate surface area is 219 Å². The Hall–Kier alpha value is -3.32. The SMILES string of the molecule is O=C(N/N=C/c1cc(Cl)c(OCc2cccc3ccccc23)c(Cl)c1)c1cc2cc(Br)ccc2o1. The van der Waals surface area contributed by atoms with Gasteiger partial charge in [0.15, 0.2) is 11.5 Å². The van der Waals surface area contributed by atoms with Crippen molar-refractivity contribution in [1.82, 2.24) is 5.43 Å². The molecule has 5 aromatic rings. The lowest BCUT2D eigenvalue weighted by atomic mass is 10.1. The van der Waals surface area contributed by atoms with Crippen LogP contribution in [-0.4, -0.2) is 12.1 Å². The second-order valence-electron chi connectivity index (χ2n) is 7.73. The molecule has 0 unspecified atom stereocenters. The Kier molecular flexibility index (Phi) is 6.77. The van der Waals surface area contributed by atoms with Gasteiger partial charge in [-0.05, 0) is 58.3 Å². The number of nitrogens with one attached hydrogen (secondary N) is 1. The third kappa shape index (κ3) is 5.20. The molecule has 0 aliphatic carbocycles. The molecule has 1 amide bonds. The maximum atomic E-state index is 12.4. The molecule has 0 saturated heterocycles. The van der Waals surface area contributed by atoms with Gasteiger partial charge in [0.05, 0.1) is 16.3 Å². The van der Waals surface area contributed by atoms with Gasteiger partial charge in [0.2, 0.25) is 0 Å². The van der Waals surface area contributed by atoms with Crippen molar-refractivity contribution in [2.45, 2.75) is 6.61 Å². The first-order valence-corrected chi connectivity index (χ1v) is 12.1. The molecule has 5 rings (SSSR count). The number of ether oxygens (including phenoxy) is 1. The lowest BCUT2D eigenvalue weighted by molar-refractivity contribution is 0.0929. The van der Waals surface area contributed by atoms with Crippen LogP contribution in [0.25, 0.3) is 21.7 Å². The summed E-state index contributed by atoms with van der Waals surface area (Å²) in [6.07, 6.45) is 1.45. The van der Waals surface area contributed by atoms with Crippen LogP contribution in [0.5, 0.6) is 5.75 Å². The van der Waals surface area contributed by atoms with Crippen molar-refractivity contribution in [3.63, 3.8) is 0 Å². The minimum Gasteiger partial charge on any atom is -0.486 e. The summed E-state index contributed by atoms with van der Waals surface area (Å²) in [7, 11) is 0. The molecular formula is C27H17BrCl2N2O3. The summed E-state index contributed by atoms with van der Waals surface area (Å²) in [5, 5.41) is 7.73. The van der Waals surface area contributed by atoms with E-state index in [4.69, 9.17) is 32.4 Å². The van der Waals surface area contributed by atoms with Crippen LogP contribution in [0.2, 0.25) is 10.0 Å². The molecule has 0 fully saturated rings. The predicted octanol–water partition coefficient (Wildman–Crippen LogP) is 8.00. The molecule has 8 heteroatoms. The molecule has 1 heterocycles. The van der Waals surface area contributed by atoms with E-state index in [2.05, 4.69) is 44.7 Å². The third-order valence-electron chi connectivity index (χ3n) is 5.35. The van der Waals surface area contributed by atoms with Gasteiger partial charge >= 0.3 is 5.91 Å². The summed E-state index contributed by atoms with van der Waals surface area (Å²) in [6, 6.07) is 24.6. The number of benzene rings is 4. The lowest BCUT2D eigenvalue weighted by Gasteiger charge is -2.12. The molecule has 5 nitrogen and oxygen atoms in total. The highest BCUT2D eigenvalue weighted by molar-refractivity contribution is 9.10. The normalized spacial score (nSPS) is 11.4. The molecule has 35 heavy (non-hydrogen) atoms. The summed E-state index contributed by atoms with van der Waals surface area (Å²) in [4.78, 5) is 12.4. The van der Waals surface area contributed by atoms with Crippen molar-refractivity contribution in [2.24, 2.45) is 5.10 Å². The van der Waals surface area contributed by atoms with Gasteiger partial charge in [0.25, 0.3) is 0 Å². The minimum absolute atomic E-state index is 0.156. The molecule has 0 spiro atoms. The van der Waals surface area contributed by atoms with E-state index in [0.717, 1.165) is 26.2 Å². The van der Waals surface area contributed by atoms with Crippen LogP contribution in [-0.2, 0) is 6.61 Å². The van der Waals surface area contributed by atoms with Crippen molar-refractivity contribution >= 4 is 73.0 Å². The van der Waals surface area contributed by atoms with E-state index in [1.807, 2.05) is 36.4 Å². The zero-order chi connectivity index (χ0) is 24.4. The minimum atomic E-state index is -0.471. The van der Waals surface area contributed by atoms with E-state index in [1.54, 1.807) is 24.3 Å². The van der Waals surface area contributed by atoms with Crippen LogP contribution in [0, 0.1) is 0 Å². The Balaban J connectivity index is 1.26. The molecule has 0 saturated carbocycles. The number of nitrogens with zero attached hydrogens (tertiary/aromatic N) is 1. The highest BCUT2D eigenvalue weighted by Gasteiger charge is 2.13. The number of fused-ring (bicyclic) bond motifs is 2. The molecule has 0 bridgehead atoms. The van der Waals surface area contributed by atoms with E-state index in [9.17, 15) is 4.79 Å². The van der Waals surface area contributed by atoms with E-state index >= 15 is 0 Å². The lowest BCUT2D eigenvalue weighted by Crippen LogP contribution is -2.16. The number of carbonyl (C=O) groups is 1. The van der Waals surface area contributed by atoms with E-state index < -0.39 is 5.91 Å². The number of rotatable bonds is 6. The number of hydrazone groups is 1. The zero-order valence-electron chi connectivity index (χ0n) is 18.1. The number of hydrogen-bond donors (Lipinski definition) is 1. The number of hydrogen-bond acceptors (Lipinski definition) is 4. The highest BCUT2D eigenvalue weighted by Crippen LogP contribution is 2.35. The predicted molar refractivity (Wildman–Crippen MR) is 144 cm³/mol. The standard InChI is InChI=1S/C27H17BrCl2N2O3/c28-20-8-9-24-19(12-20)13-25(35-24)27(33)32-31-14-16-10-22(29)26(23(30)11-16)34-15-18-6-3-5-17-4-1-2-7-21(17)18/h1-14H,15H2,(H,32,33)/b31-14+. The van der Waals surface area contributed by atoms with Gasteiger partial charge in [0.1, 0.15) is 12.2 Å². The van der Waals surface area contributed by atoms with Crippen molar-refractivity contribution < 1.29 is 13.9 Å². The molecule has 1 aromatic heterocycles.